The van der Waals surface area contributed by atoms with E-state index in [4.69, 9.17) is 10.7 Å². The molecule has 0 bridgehead atoms. The van der Waals surface area contributed by atoms with E-state index in [1.165, 1.54) is 42.6 Å². The van der Waals surface area contributed by atoms with Gasteiger partial charge < -0.3 is 10.6 Å². The van der Waals surface area contributed by atoms with Gasteiger partial charge in [0.15, 0.2) is 5.65 Å². The normalized spacial score (nSPS) is 21.6. The molecule has 5 nitrogen and oxygen atoms in total. The summed E-state index contributed by atoms with van der Waals surface area (Å²) in [6.45, 7) is 4.20. The van der Waals surface area contributed by atoms with E-state index in [0.717, 1.165) is 29.6 Å². The van der Waals surface area contributed by atoms with Crippen molar-refractivity contribution >= 4 is 23.4 Å². The molecular formula is C22H27N5S. The van der Waals surface area contributed by atoms with E-state index in [-0.39, 0.29) is 0 Å². The number of aryl methyl sites for hydroxylation is 1. The SMILES string of the molecule is Cc1ccccc1Sc1cnc(N2CCC3(CCC[C@H]3N)CC2)n2ccnc12. The van der Waals surface area contributed by atoms with Crippen LogP contribution in [0.4, 0.5) is 5.95 Å². The van der Waals surface area contributed by atoms with Crippen LogP contribution < -0.4 is 10.6 Å². The van der Waals surface area contributed by atoms with Gasteiger partial charge >= 0.3 is 0 Å². The Morgan fingerprint density at radius 1 is 1.11 bits per heavy atom. The van der Waals surface area contributed by atoms with Crippen LogP contribution in [0.25, 0.3) is 5.65 Å². The van der Waals surface area contributed by atoms with Gasteiger partial charge in [-0.3, -0.25) is 4.40 Å². The zero-order valence-corrected chi connectivity index (χ0v) is 17.2. The summed E-state index contributed by atoms with van der Waals surface area (Å²) >= 11 is 1.74. The van der Waals surface area contributed by atoms with E-state index in [1.54, 1.807) is 11.8 Å². The third-order valence-electron chi connectivity index (χ3n) is 6.71. The minimum atomic E-state index is 0.366. The summed E-state index contributed by atoms with van der Waals surface area (Å²) in [7, 11) is 0. The predicted molar refractivity (Wildman–Crippen MR) is 114 cm³/mol. The van der Waals surface area contributed by atoms with E-state index < -0.39 is 0 Å². The minimum absolute atomic E-state index is 0.366. The average Bonchev–Trinajstić information content (AvgIpc) is 3.33. The van der Waals surface area contributed by atoms with Crippen molar-refractivity contribution in [3.8, 4) is 0 Å². The maximum absolute atomic E-state index is 6.46. The molecule has 5 rings (SSSR count). The number of hydrogen-bond acceptors (Lipinski definition) is 5. The smallest absolute Gasteiger partial charge is 0.211 e. The van der Waals surface area contributed by atoms with Gasteiger partial charge in [0, 0.05) is 42.6 Å². The van der Waals surface area contributed by atoms with Gasteiger partial charge in [0.2, 0.25) is 5.95 Å². The Kier molecular flexibility index (Phi) is 4.56. The minimum Gasteiger partial charge on any atom is -0.342 e. The fourth-order valence-electron chi connectivity index (χ4n) is 4.92. The Hall–Kier alpha value is -2.05. The highest BCUT2D eigenvalue weighted by molar-refractivity contribution is 7.99. The number of nitrogens with zero attached hydrogens (tertiary/aromatic N) is 4. The molecule has 1 aromatic carbocycles. The number of imidazole rings is 1. The molecule has 2 N–H and O–H groups in total. The standard InChI is InChI=1S/C22H27N5S/c1-16-5-2-3-6-17(16)28-18-15-25-21(27-14-11-24-20(18)27)26-12-9-22(10-13-26)8-4-7-19(22)23/h2-3,5-6,11,14-15,19H,4,7-10,12-13,23H2,1H3/t19-/m1/s1. The fourth-order valence-corrected chi connectivity index (χ4v) is 5.88. The number of hydrogen-bond donors (Lipinski definition) is 1. The molecule has 2 aromatic heterocycles. The van der Waals surface area contributed by atoms with Crippen LogP contribution in [-0.2, 0) is 0 Å². The summed E-state index contributed by atoms with van der Waals surface area (Å²) in [5, 5.41) is 0. The highest BCUT2D eigenvalue weighted by atomic mass is 32.2. The van der Waals surface area contributed by atoms with E-state index in [0.29, 0.717) is 11.5 Å². The molecule has 3 aromatic rings. The number of piperidine rings is 1. The first-order valence-corrected chi connectivity index (χ1v) is 11.0. The van der Waals surface area contributed by atoms with Crippen molar-refractivity contribution < 1.29 is 0 Å². The molecule has 1 aliphatic heterocycles. The predicted octanol–water partition coefficient (Wildman–Crippen LogP) is 4.29. The molecule has 146 valence electrons. The summed E-state index contributed by atoms with van der Waals surface area (Å²) in [5.41, 5.74) is 9.08. The van der Waals surface area contributed by atoms with Crippen LogP contribution in [0.5, 0.6) is 0 Å². The van der Waals surface area contributed by atoms with Gasteiger partial charge in [0.25, 0.3) is 0 Å². The van der Waals surface area contributed by atoms with E-state index in [9.17, 15) is 0 Å². The topological polar surface area (TPSA) is 59.5 Å². The van der Waals surface area contributed by atoms with Crippen LogP contribution in [0.15, 0.2) is 52.6 Å². The second-order valence-electron chi connectivity index (χ2n) is 8.26. The lowest BCUT2D eigenvalue weighted by Gasteiger charge is -2.42. The zero-order chi connectivity index (χ0) is 19.1. The van der Waals surface area contributed by atoms with Crippen molar-refractivity contribution in [2.45, 2.75) is 54.9 Å². The Morgan fingerprint density at radius 2 is 1.93 bits per heavy atom. The van der Waals surface area contributed by atoms with Crippen molar-refractivity contribution in [1.82, 2.24) is 14.4 Å². The van der Waals surface area contributed by atoms with E-state index in [2.05, 4.69) is 45.5 Å². The molecule has 0 radical (unpaired) electrons. The molecule has 2 fully saturated rings. The number of nitrogens with two attached hydrogens (primary N) is 1. The molecule has 0 unspecified atom stereocenters. The van der Waals surface area contributed by atoms with Gasteiger partial charge in [-0.15, -0.1) is 0 Å². The number of rotatable bonds is 3. The molecule has 1 saturated carbocycles. The number of anilines is 1. The van der Waals surface area contributed by atoms with Crippen LogP contribution in [-0.4, -0.2) is 33.5 Å². The summed E-state index contributed by atoms with van der Waals surface area (Å²) in [5.74, 6) is 1.00. The van der Waals surface area contributed by atoms with E-state index in [1.807, 2.05) is 18.6 Å². The van der Waals surface area contributed by atoms with E-state index >= 15 is 0 Å². The molecule has 3 heterocycles. The molecule has 1 aliphatic carbocycles. The molecule has 1 spiro atoms. The van der Waals surface area contributed by atoms with Crippen LogP contribution in [0.2, 0.25) is 0 Å². The molecule has 28 heavy (non-hydrogen) atoms. The Morgan fingerprint density at radius 3 is 2.68 bits per heavy atom. The van der Waals surface area contributed by atoms with Crippen LogP contribution >= 0.6 is 11.8 Å². The zero-order valence-electron chi connectivity index (χ0n) is 16.3. The number of aromatic nitrogens is 3. The molecule has 1 saturated heterocycles. The Labute approximate surface area is 170 Å². The van der Waals surface area contributed by atoms with Crippen molar-refractivity contribution in [2.75, 3.05) is 18.0 Å². The van der Waals surface area contributed by atoms with Gasteiger partial charge in [-0.1, -0.05) is 36.4 Å². The van der Waals surface area contributed by atoms with Gasteiger partial charge in [-0.2, -0.15) is 0 Å². The highest BCUT2D eigenvalue weighted by Gasteiger charge is 2.43. The lowest BCUT2D eigenvalue weighted by Crippen LogP contribution is -2.47. The summed E-state index contributed by atoms with van der Waals surface area (Å²) < 4.78 is 2.15. The third kappa shape index (κ3) is 2.99. The van der Waals surface area contributed by atoms with Crippen molar-refractivity contribution in [3.05, 3.63) is 48.4 Å². The third-order valence-corrected chi connectivity index (χ3v) is 7.89. The van der Waals surface area contributed by atoms with Crippen LogP contribution in [0, 0.1) is 12.3 Å². The molecule has 2 aliphatic rings. The summed E-state index contributed by atoms with van der Waals surface area (Å²) in [6.07, 6.45) is 12.0. The van der Waals surface area contributed by atoms with Crippen molar-refractivity contribution in [1.29, 1.82) is 0 Å². The quantitative estimate of drug-likeness (QED) is 0.719. The largest absolute Gasteiger partial charge is 0.342 e. The van der Waals surface area contributed by atoms with Gasteiger partial charge in [-0.25, -0.2) is 9.97 Å². The fraction of sp³-hybridized carbons (Fsp3) is 0.455. The highest BCUT2D eigenvalue weighted by Crippen LogP contribution is 2.46. The lowest BCUT2D eigenvalue weighted by molar-refractivity contribution is 0.197. The first-order valence-electron chi connectivity index (χ1n) is 10.2. The Bertz CT molecular complexity index is 990. The first-order chi connectivity index (χ1) is 13.7. The molecule has 0 amide bonds. The average molecular weight is 394 g/mol. The monoisotopic (exact) mass is 393 g/mol. The molecular weight excluding hydrogens is 366 g/mol. The Balaban J connectivity index is 1.41. The van der Waals surface area contributed by atoms with Gasteiger partial charge in [0.05, 0.1) is 4.90 Å². The summed E-state index contributed by atoms with van der Waals surface area (Å²) in [4.78, 5) is 14.2. The van der Waals surface area contributed by atoms with Crippen molar-refractivity contribution in [3.63, 3.8) is 0 Å². The molecule has 1 atom stereocenters. The second-order valence-corrected chi connectivity index (χ2v) is 9.34. The molecule has 6 heteroatoms. The first kappa shape index (κ1) is 18.0. The van der Waals surface area contributed by atoms with Gasteiger partial charge in [0.1, 0.15) is 0 Å². The second kappa shape index (κ2) is 7.08. The van der Waals surface area contributed by atoms with Crippen molar-refractivity contribution in [2.24, 2.45) is 11.1 Å². The number of benzene rings is 1. The van der Waals surface area contributed by atoms with Gasteiger partial charge in [-0.05, 0) is 49.7 Å². The van der Waals surface area contributed by atoms with Crippen LogP contribution in [0.1, 0.15) is 37.7 Å². The number of fused-ring (bicyclic) bond motifs is 1. The van der Waals surface area contributed by atoms with Crippen LogP contribution in [0.3, 0.4) is 0 Å². The maximum Gasteiger partial charge on any atom is 0.211 e. The lowest BCUT2D eigenvalue weighted by atomic mass is 9.74. The maximum atomic E-state index is 6.46. The summed E-state index contributed by atoms with van der Waals surface area (Å²) in [6, 6.07) is 8.83.